The molecule has 1 fully saturated rings. The zero-order chi connectivity index (χ0) is 22.0. The average Bonchev–Trinajstić information content (AvgIpc) is 3.40. The SMILES string of the molecule is N#C[C@@H]1CSCN1C(=O)[C@@H](N)Cc1c[nH]c2ccc(Oc3ccc([N+](=O)[O-])cc3)cc12. The number of aromatic nitrogens is 1. The molecule has 1 aromatic heterocycles. The Morgan fingerprint density at radius 1 is 1.35 bits per heavy atom. The van der Waals surface area contributed by atoms with Crippen molar-refractivity contribution in [2.45, 2.75) is 18.5 Å². The largest absolute Gasteiger partial charge is 0.457 e. The van der Waals surface area contributed by atoms with Crippen LogP contribution >= 0.6 is 11.8 Å². The van der Waals surface area contributed by atoms with Gasteiger partial charge in [0.05, 0.1) is 22.9 Å². The Hall–Kier alpha value is -3.55. The number of non-ortho nitro benzene ring substituents is 1. The predicted molar refractivity (Wildman–Crippen MR) is 117 cm³/mol. The quantitative estimate of drug-likeness (QED) is 0.446. The van der Waals surface area contributed by atoms with Crippen LogP contribution in [0.5, 0.6) is 11.5 Å². The molecule has 0 bridgehead atoms. The van der Waals surface area contributed by atoms with E-state index in [0.29, 0.717) is 29.5 Å². The summed E-state index contributed by atoms with van der Waals surface area (Å²) >= 11 is 1.54. The minimum absolute atomic E-state index is 0.00980. The van der Waals surface area contributed by atoms with E-state index >= 15 is 0 Å². The second kappa shape index (κ2) is 8.67. The fourth-order valence-electron chi connectivity index (χ4n) is 3.47. The highest BCUT2D eigenvalue weighted by atomic mass is 32.2. The summed E-state index contributed by atoms with van der Waals surface area (Å²) in [5, 5.41) is 20.9. The third-order valence-corrected chi connectivity index (χ3v) is 6.11. The minimum atomic E-state index is -0.757. The van der Waals surface area contributed by atoms with E-state index < -0.39 is 17.0 Å². The van der Waals surface area contributed by atoms with Crippen molar-refractivity contribution in [3.63, 3.8) is 0 Å². The van der Waals surface area contributed by atoms with E-state index in [1.807, 2.05) is 18.3 Å². The van der Waals surface area contributed by atoms with Gasteiger partial charge in [-0.2, -0.15) is 5.26 Å². The van der Waals surface area contributed by atoms with Gasteiger partial charge in [-0.05, 0) is 42.3 Å². The maximum Gasteiger partial charge on any atom is 0.269 e. The first-order valence-electron chi connectivity index (χ1n) is 9.52. The number of amides is 1. The summed E-state index contributed by atoms with van der Waals surface area (Å²) in [5.74, 6) is 1.88. The molecule has 10 heteroatoms. The van der Waals surface area contributed by atoms with E-state index in [4.69, 9.17) is 10.5 Å². The minimum Gasteiger partial charge on any atom is -0.457 e. The van der Waals surface area contributed by atoms with E-state index in [-0.39, 0.29) is 11.6 Å². The molecule has 1 aliphatic rings. The number of hydrogen-bond acceptors (Lipinski definition) is 7. The normalized spacial score (nSPS) is 16.8. The number of aromatic amines is 1. The number of nitrogens with two attached hydrogens (primary N) is 1. The molecule has 1 saturated heterocycles. The fourth-order valence-corrected chi connectivity index (χ4v) is 4.55. The van der Waals surface area contributed by atoms with E-state index in [2.05, 4.69) is 11.1 Å². The van der Waals surface area contributed by atoms with Crippen molar-refractivity contribution in [3.05, 3.63) is 64.3 Å². The van der Waals surface area contributed by atoms with Crippen molar-refractivity contribution >= 4 is 34.3 Å². The smallest absolute Gasteiger partial charge is 0.269 e. The first kappa shape index (κ1) is 20.7. The molecule has 4 rings (SSSR count). The molecular formula is C21H19N5O4S. The Morgan fingerprint density at radius 3 is 2.81 bits per heavy atom. The lowest BCUT2D eigenvalue weighted by Crippen LogP contribution is -2.47. The lowest BCUT2D eigenvalue weighted by Gasteiger charge is -2.22. The Bertz CT molecular complexity index is 1170. The molecule has 2 atom stereocenters. The van der Waals surface area contributed by atoms with Gasteiger partial charge in [0.1, 0.15) is 17.5 Å². The van der Waals surface area contributed by atoms with Crippen LogP contribution < -0.4 is 10.5 Å². The second-order valence-corrected chi connectivity index (χ2v) is 8.14. The Labute approximate surface area is 181 Å². The van der Waals surface area contributed by atoms with Crippen molar-refractivity contribution in [2.24, 2.45) is 5.73 Å². The molecule has 1 amide bonds. The third-order valence-electron chi connectivity index (χ3n) is 5.09. The monoisotopic (exact) mass is 437 g/mol. The number of ether oxygens (including phenoxy) is 1. The van der Waals surface area contributed by atoms with Crippen molar-refractivity contribution in [2.75, 3.05) is 11.6 Å². The van der Waals surface area contributed by atoms with E-state index in [1.165, 1.54) is 29.2 Å². The van der Waals surface area contributed by atoms with Gasteiger partial charge in [-0.1, -0.05) is 0 Å². The Kier molecular flexibility index (Phi) is 5.79. The second-order valence-electron chi connectivity index (χ2n) is 7.14. The maximum absolute atomic E-state index is 12.7. The van der Waals surface area contributed by atoms with Gasteiger partial charge in [-0.25, -0.2) is 0 Å². The molecule has 1 aliphatic heterocycles. The van der Waals surface area contributed by atoms with Crippen LogP contribution in [0.1, 0.15) is 5.56 Å². The molecule has 3 aromatic rings. The summed E-state index contributed by atoms with van der Waals surface area (Å²) in [5.41, 5.74) is 7.92. The Balaban J connectivity index is 1.51. The Morgan fingerprint density at radius 2 is 2.10 bits per heavy atom. The highest BCUT2D eigenvalue weighted by Crippen LogP contribution is 2.29. The fraction of sp³-hybridized carbons (Fsp3) is 0.238. The number of benzene rings is 2. The molecule has 3 N–H and O–H groups in total. The molecule has 0 saturated carbocycles. The number of carbonyl (C=O) groups excluding carboxylic acids is 1. The highest BCUT2D eigenvalue weighted by Gasteiger charge is 2.32. The summed E-state index contributed by atoms with van der Waals surface area (Å²) in [6.07, 6.45) is 2.13. The van der Waals surface area contributed by atoms with Crippen LogP contribution in [-0.4, -0.2) is 44.4 Å². The average molecular weight is 437 g/mol. The van der Waals surface area contributed by atoms with Gasteiger partial charge in [-0.15, -0.1) is 11.8 Å². The summed E-state index contributed by atoms with van der Waals surface area (Å²) in [7, 11) is 0. The lowest BCUT2D eigenvalue weighted by atomic mass is 10.0. The van der Waals surface area contributed by atoms with Gasteiger partial charge in [0.25, 0.3) is 5.69 Å². The highest BCUT2D eigenvalue weighted by molar-refractivity contribution is 7.99. The first-order valence-corrected chi connectivity index (χ1v) is 10.7. The van der Waals surface area contributed by atoms with Crippen LogP contribution in [0.4, 0.5) is 5.69 Å². The maximum atomic E-state index is 12.7. The zero-order valence-corrected chi connectivity index (χ0v) is 17.2. The molecule has 2 heterocycles. The molecule has 0 unspecified atom stereocenters. The number of nitriles is 1. The summed E-state index contributed by atoms with van der Waals surface area (Å²) < 4.78 is 5.83. The topological polar surface area (TPSA) is 138 Å². The van der Waals surface area contributed by atoms with E-state index in [9.17, 15) is 20.2 Å². The number of nitro benzene ring substituents is 1. The molecule has 31 heavy (non-hydrogen) atoms. The molecule has 2 aromatic carbocycles. The standard InChI is InChI=1S/C21H19N5O4S/c22-9-15-11-31-12-25(15)21(27)19(23)7-13-10-24-20-6-5-17(8-18(13)20)30-16-3-1-14(2-4-16)26(28)29/h1-6,8,10,15,19,24H,7,11-12,23H2/t15-,19+/m1/s1. The van der Waals surface area contributed by atoms with Gasteiger partial charge < -0.3 is 20.4 Å². The molecule has 0 spiro atoms. The number of nitro groups is 1. The van der Waals surface area contributed by atoms with Crippen LogP contribution in [0.25, 0.3) is 10.9 Å². The van der Waals surface area contributed by atoms with Gasteiger partial charge in [0.15, 0.2) is 0 Å². The van der Waals surface area contributed by atoms with Gasteiger partial charge in [0, 0.05) is 35.0 Å². The summed E-state index contributed by atoms with van der Waals surface area (Å²) in [6, 6.07) is 12.3. The van der Waals surface area contributed by atoms with Crippen molar-refractivity contribution in [1.82, 2.24) is 9.88 Å². The van der Waals surface area contributed by atoms with Gasteiger partial charge >= 0.3 is 0 Å². The predicted octanol–water partition coefficient (Wildman–Crippen LogP) is 3.16. The molecule has 158 valence electrons. The summed E-state index contributed by atoms with van der Waals surface area (Å²) in [4.78, 5) is 27.7. The molecule has 9 nitrogen and oxygen atoms in total. The lowest BCUT2D eigenvalue weighted by molar-refractivity contribution is -0.384. The number of rotatable bonds is 6. The molecular weight excluding hydrogens is 418 g/mol. The van der Waals surface area contributed by atoms with Crippen LogP contribution in [0, 0.1) is 21.4 Å². The number of thioether (sulfide) groups is 1. The number of H-pyrrole nitrogens is 1. The van der Waals surface area contributed by atoms with E-state index in [1.54, 1.807) is 17.8 Å². The number of hydrogen-bond donors (Lipinski definition) is 2. The molecule has 0 aliphatic carbocycles. The van der Waals surface area contributed by atoms with Crippen LogP contribution in [0.15, 0.2) is 48.7 Å². The van der Waals surface area contributed by atoms with Crippen molar-refractivity contribution in [1.29, 1.82) is 5.26 Å². The number of fused-ring (bicyclic) bond motifs is 1. The van der Waals surface area contributed by atoms with Crippen LogP contribution in [0.3, 0.4) is 0 Å². The number of nitrogens with one attached hydrogen (secondary N) is 1. The molecule has 0 radical (unpaired) electrons. The van der Waals surface area contributed by atoms with Gasteiger partial charge in [0.2, 0.25) is 5.91 Å². The van der Waals surface area contributed by atoms with Crippen molar-refractivity contribution in [3.8, 4) is 17.6 Å². The van der Waals surface area contributed by atoms with Crippen molar-refractivity contribution < 1.29 is 14.5 Å². The van der Waals surface area contributed by atoms with Crippen LogP contribution in [0.2, 0.25) is 0 Å². The number of nitrogens with zero attached hydrogens (tertiary/aromatic N) is 3. The number of carbonyl (C=O) groups is 1. The van der Waals surface area contributed by atoms with Gasteiger partial charge in [-0.3, -0.25) is 14.9 Å². The summed E-state index contributed by atoms with van der Waals surface area (Å²) in [6.45, 7) is 0. The van der Waals surface area contributed by atoms with Crippen LogP contribution in [-0.2, 0) is 11.2 Å². The third kappa shape index (κ3) is 4.33. The van der Waals surface area contributed by atoms with E-state index in [0.717, 1.165) is 16.5 Å². The zero-order valence-electron chi connectivity index (χ0n) is 16.4. The first-order chi connectivity index (χ1) is 15.0.